The summed E-state index contributed by atoms with van der Waals surface area (Å²) >= 11 is 0. The maximum Gasteiger partial charge on any atom is 0.0550 e. The van der Waals surface area contributed by atoms with Crippen LogP contribution in [-0.2, 0) is 0 Å². The molecule has 1 N–H and O–H groups in total. The van der Waals surface area contributed by atoms with E-state index in [1.165, 1.54) is 77.4 Å². The van der Waals surface area contributed by atoms with Gasteiger partial charge in [0.15, 0.2) is 0 Å². The van der Waals surface area contributed by atoms with Crippen molar-refractivity contribution in [3.05, 3.63) is 0 Å². The summed E-state index contributed by atoms with van der Waals surface area (Å²) in [5.41, 5.74) is 0.559. The molecule has 2 aliphatic rings. The van der Waals surface area contributed by atoms with E-state index in [0.717, 1.165) is 12.8 Å². The van der Waals surface area contributed by atoms with Crippen molar-refractivity contribution in [2.75, 3.05) is 19.6 Å². The Morgan fingerprint density at radius 2 is 1.38 bits per heavy atom. The number of unbranched alkanes of at least 4 members (excludes halogenated alkanes) is 5. The Labute approximate surface area is 133 Å². The maximum atomic E-state index is 9.32. The molecule has 0 aromatic carbocycles. The highest BCUT2D eigenvalue weighted by atomic mass is 16.3. The van der Waals surface area contributed by atoms with Crippen LogP contribution in [0.2, 0.25) is 0 Å². The van der Waals surface area contributed by atoms with Crippen molar-refractivity contribution in [3.8, 4) is 0 Å². The van der Waals surface area contributed by atoms with Gasteiger partial charge in [0.25, 0.3) is 0 Å². The van der Waals surface area contributed by atoms with Crippen molar-refractivity contribution in [2.45, 2.75) is 97.5 Å². The topological polar surface area (TPSA) is 23.5 Å². The standard InChI is InChI=1S/C11H21NO.C8H18/c1-2-5-12-6-3-11(4-7-12)8-10(13)9-11;1-3-5-7-8-6-4-2/h10,13H,2-9H2,1H3;3-8H2,1-2H3. The number of hydrogen-bond donors (Lipinski definition) is 1. The number of rotatable bonds is 7. The fourth-order valence-electron chi connectivity index (χ4n) is 3.77. The number of aliphatic hydroxyl groups is 1. The van der Waals surface area contributed by atoms with Gasteiger partial charge in [-0.1, -0.05) is 59.3 Å². The van der Waals surface area contributed by atoms with E-state index in [4.69, 9.17) is 0 Å². The first-order valence-corrected chi connectivity index (χ1v) is 9.56. The highest BCUT2D eigenvalue weighted by molar-refractivity contribution is 4.96. The number of nitrogens with zero attached hydrogens (tertiary/aromatic N) is 1. The molecule has 0 unspecified atom stereocenters. The molecule has 2 fully saturated rings. The van der Waals surface area contributed by atoms with Crippen molar-refractivity contribution in [1.29, 1.82) is 0 Å². The van der Waals surface area contributed by atoms with E-state index in [9.17, 15) is 5.11 Å². The number of aliphatic hydroxyl groups excluding tert-OH is 1. The molecule has 1 saturated carbocycles. The van der Waals surface area contributed by atoms with Gasteiger partial charge in [-0.25, -0.2) is 0 Å². The summed E-state index contributed by atoms with van der Waals surface area (Å²) in [6, 6.07) is 0. The Bertz CT molecular complexity index is 232. The molecule has 2 nitrogen and oxygen atoms in total. The summed E-state index contributed by atoms with van der Waals surface area (Å²) in [6.07, 6.45) is 14.6. The van der Waals surface area contributed by atoms with Gasteiger partial charge in [0.1, 0.15) is 0 Å². The molecule has 0 radical (unpaired) electrons. The number of likely N-dealkylation sites (tertiary alicyclic amines) is 1. The summed E-state index contributed by atoms with van der Waals surface area (Å²) < 4.78 is 0. The van der Waals surface area contributed by atoms with Gasteiger partial charge in [-0.15, -0.1) is 0 Å². The van der Waals surface area contributed by atoms with Crippen LogP contribution in [0.1, 0.15) is 91.4 Å². The van der Waals surface area contributed by atoms with E-state index in [2.05, 4.69) is 25.7 Å². The van der Waals surface area contributed by atoms with Crippen LogP contribution < -0.4 is 0 Å². The Morgan fingerprint density at radius 3 is 1.76 bits per heavy atom. The second-order valence-electron chi connectivity index (χ2n) is 7.32. The molecule has 0 bridgehead atoms. The third-order valence-corrected chi connectivity index (χ3v) is 5.25. The first-order valence-electron chi connectivity index (χ1n) is 9.56. The second kappa shape index (κ2) is 10.6. The third-order valence-electron chi connectivity index (χ3n) is 5.25. The van der Waals surface area contributed by atoms with Crippen molar-refractivity contribution >= 4 is 0 Å². The van der Waals surface area contributed by atoms with Gasteiger partial charge in [0.05, 0.1) is 6.10 Å². The zero-order valence-electron chi connectivity index (χ0n) is 14.9. The van der Waals surface area contributed by atoms with E-state index < -0.39 is 0 Å². The van der Waals surface area contributed by atoms with Gasteiger partial charge in [-0.2, -0.15) is 0 Å². The Hall–Kier alpha value is -0.0800. The number of piperidine rings is 1. The molecule has 1 spiro atoms. The van der Waals surface area contributed by atoms with Crippen LogP contribution in [0.4, 0.5) is 0 Å². The molecule has 126 valence electrons. The molecular formula is C19H39NO. The number of hydrogen-bond acceptors (Lipinski definition) is 2. The predicted molar refractivity (Wildman–Crippen MR) is 92.7 cm³/mol. The molecular weight excluding hydrogens is 258 g/mol. The molecule has 0 atom stereocenters. The fraction of sp³-hybridized carbons (Fsp3) is 1.00. The molecule has 2 rings (SSSR count). The lowest BCUT2D eigenvalue weighted by Crippen LogP contribution is -2.49. The largest absolute Gasteiger partial charge is 0.393 e. The van der Waals surface area contributed by atoms with Crippen LogP contribution in [-0.4, -0.2) is 35.7 Å². The highest BCUT2D eigenvalue weighted by Crippen LogP contribution is 2.48. The summed E-state index contributed by atoms with van der Waals surface area (Å²) in [5, 5.41) is 9.32. The van der Waals surface area contributed by atoms with Crippen LogP contribution in [0.3, 0.4) is 0 Å². The minimum absolute atomic E-state index is 0.0257. The summed E-state index contributed by atoms with van der Waals surface area (Å²) in [4.78, 5) is 2.57. The molecule has 0 aromatic heterocycles. The van der Waals surface area contributed by atoms with Gasteiger partial charge in [-0.05, 0) is 57.2 Å². The fourth-order valence-corrected chi connectivity index (χ4v) is 3.77. The van der Waals surface area contributed by atoms with E-state index in [1.54, 1.807) is 0 Å². The van der Waals surface area contributed by atoms with Crippen LogP contribution in [0, 0.1) is 5.41 Å². The lowest BCUT2D eigenvalue weighted by molar-refractivity contribution is -0.0678. The smallest absolute Gasteiger partial charge is 0.0550 e. The van der Waals surface area contributed by atoms with Crippen LogP contribution in [0.25, 0.3) is 0 Å². The average molecular weight is 298 g/mol. The van der Waals surface area contributed by atoms with Gasteiger partial charge in [0, 0.05) is 0 Å². The first-order chi connectivity index (χ1) is 10.2. The van der Waals surface area contributed by atoms with Crippen molar-refractivity contribution < 1.29 is 5.11 Å². The van der Waals surface area contributed by atoms with Gasteiger partial charge in [0.2, 0.25) is 0 Å². The summed E-state index contributed by atoms with van der Waals surface area (Å²) in [6.45, 7) is 10.6. The van der Waals surface area contributed by atoms with E-state index in [0.29, 0.717) is 5.41 Å². The zero-order valence-corrected chi connectivity index (χ0v) is 14.9. The van der Waals surface area contributed by atoms with Gasteiger partial charge in [-0.3, -0.25) is 0 Å². The lowest BCUT2D eigenvalue weighted by atomic mass is 9.61. The third kappa shape index (κ3) is 7.15. The van der Waals surface area contributed by atoms with Crippen LogP contribution >= 0.6 is 0 Å². The zero-order chi connectivity index (χ0) is 15.6. The van der Waals surface area contributed by atoms with Crippen LogP contribution in [0.15, 0.2) is 0 Å². The molecule has 0 aromatic rings. The predicted octanol–water partition coefficient (Wildman–Crippen LogP) is 5.00. The molecule has 1 saturated heterocycles. The normalized spacial score (nSPS) is 21.7. The first kappa shape index (κ1) is 19.0. The molecule has 1 heterocycles. The van der Waals surface area contributed by atoms with E-state index >= 15 is 0 Å². The molecule has 2 heteroatoms. The second-order valence-corrected chi connectivity index (χ2v) is 7.32. The Balaban J connectivity index is 0.000000240. The minimum Gasteiger partial charge on any atom is -0.393 e. The van der Waals surface area contributed by atoms with Crippen LogP contribution in [0.5, 0.6) is 0 Å². The highest BCUT2D eigenvalue weighted by Gasteiger charge is 2.44. The van der Waals surface area contributed by atoms with Gasteiger partial charge < -0.3 is 10.0 Å². The molecule has 21 heavy (non-hydrogen) atoms. The summed E-state index contributed by atoms with van der Waals surface area (Å²) in [7, 11) is 0. The molecule has 0 amide bonds. The Kier molecular flexibility index (Phi) is 9.59. The minimum atomic E-state index is 0.0257. The average Bonchev–Trinajstić information content (AvgIpc) is 2.46. The quantitative estimate of drug-likeness (QED) is 0.668. The lowest BCUT2D eigenvalue weighted by Gasteiger charge is -2.50. The summed E-state index contributed by atoms with van der Waals surface area (Å²) in [5.74, 6) is 0. The monoisotopic (exact) mass is 297 g/mol. The molecule has 1 aliphatic carbocycles. The Morgan fingerprint density at radius 1 is 0.857 bits per heavy atom. The molecule has 1 aliphatic heterocycles. The van der Waals surface area contributed by atoms with E-state index in [-0.39, 0.29) is 6.10 Å². The van der Waals surface area contributed by atoms with Crippen molar-refractivity contribution in [2.24, 2.45) is 5.41 Å². The SMILES string of the molecule is CCCCCCCC.CCCN1CCC2(CC1)CC(O)C2. The van der Waals surface area contributed by atoms with Crippen molar-refractivity contribution in [1.82, 2.24) is 4.90 Å². The maximum absolute atomic E-state index is 9.32. The van der Waals surface area contributed by atoms with Gasteiger partial charge >= 0.3 is 0 Å². The van der Waals surface area contributed by atoms with Crippen molar-refractivity contribution in [3.63, 3.8) is 0 Å². The van der Waals surface area contributed by atoms with E-state index in [1.807, 2.05) is 0 Å².